The van der Waals surface area contributed by atoms with Gasteiger partial charge in [-0.3, -0.25) is 4.98 Å². The first kappa shape index (κ1) is 13.0. The molecule has 0 spiro atoms. The van der Waals surface area contributed by atoms with E-state index in [0.717, 1.165) is 18.5 Å². The standard InChI is InChI=1S/C15H22N2O2/c1-17-13-5-6-14(17)9-15(18,8-13)11-19-10-12-4-2-3-7-16-12/h2-4,7,13-14,18H,5-6,8-11H2,1H3/t13-,14?,15?/m1/s1. The molecule has 3 atom stereocenters. The van der Waals surface area contributed by atoms with E-state index in [2.05, 4.69) is 16.9 Å². The minimum absolute atomic E-state index is 0.421. The van der Waals surface area contributed by atoms with Gasteiger partial charge in [0, 0.05) is 18.3 Å². The van der Waals surface area contributed by atoms with E-state index in [1.54, 1.807) is 6.20 Å². The van der Waals surface area contributed by atoms with E-state index in [9.17, 15) is 5.11 Å². The van der Waals surface area contributed by atoms with Crippen LogP contribution in [0.15, 0.2) is 24.4 Å². The molecule has 2 aliphatic rings. The molecule has 2 unspecified atom stereocenters. The zero-order valence-electron chi connectivity index (χ0n) is 11.5. The lowest BCUT2D eigenvalue weighted by molar-refractivity contribution is -0.100. The van der Waals surface area contributed by atoms with E-state index in [1.165, 1.54) is 12.8 Å². The predicted octanol–water partition coefficient (Wildman–Crippen LogP) is 1.59. The first-order valence-electron chi connectivity index (χ1n) is 7.08. The number of nitrogens with zero attached hydrogens (tertiary/aromatic N) is 2. The molecule has 2 saturated heterocycles. The number of hydrogen-bond donors (Lipinski definition) is 1. The quantitative estimate of drug-likeness (QED) is 0.895. The summed E-state index contributed by atoms with van der Waals surface area (Å²) in [5, 5.41) is 10.7. The maximum atomic E-state index is 10.7. The summed E-state index contributed by atoms with van der Waals surface area (Å²) in [5.74, 6) is 0. The van der Waals surface area contributed by atoms with Crippen LogP contribution in [-0.4, -0.2) is 46.3 Å². The van der Waals surface area contributed by atoms with Gasteiger partial charge in [-0.2, -0.15) is 0 Å². The molecule has 104 valence electrons. The Morgan fingerprint density at radius 3 is 2.74 bits per heavy atom. The summed E-state index contributed by atoms with van der Waals surface area (Å²) in [6.45, 7) is 0.902. The summed E-state index contributed by atoms with van der Waals surface area (Å²) in [5.41, 5.74) is 0.273. The Morgan fingerprint density at radius 1 is 1.37 bits per heavy atom. The average molecular weight is 262 g/mol. The fraction of sp³-hybridized carbons (Fsp3) is 0.667. The molecule has 2 aliphatic heterocycles. The summed E-state index contributed by atoms with van der Waals surface area (Å²) >= 11 is 0. The molecule has 3 heterocycles. The van der Waals surface area contributed by atoms with E-state index in [0.29, 0.717) is 25.3 Å². The Morgan fingerprint density at radius 2 is 2.11 bits per heavy atom. The molecule has 1 aromatic heterocycles. The van der Waals surface area contributed by atoms with Crippen LogP contribution < -0.4 is 0 Å². The fourth-order valence-corrected chi connectivity index (χ4v) is 3.49. The fourth-order valence-electron chi connectivity index (χ4n) is 3.49. The van der Waals surface area contributed by atoms with Crippen molar-refractivity contribution in [3.05, 3.63) is 30.1 Å². The van der Waals surface area contributed by atoms with Crippen LogP contribution in [-0.2, 0) is 11.3 Å². The zero-order valence-corrected chi connectivity index (χ0v) is 11.5. The largest absolute Gasteiger partial charge is 0.387 e. The van der Waals surface area contributed by atoms with Crippen LogP contribution in [0.3, 0.4) is 0 Å². The Labute approximate surface area is 114 Å². The number of ether oxygens (including phenoxy) is 1. The number of rotatable bonds is 4. The monoisotopic (exact) mass is 262 g/mol. The third-order valence-electron chi connectivity index (χ3n) is 4.56. The Balaban J connectivity index is 1.53. The van der Waals surface area contributed by atoms with Crippen LogP contribution >= 0.6 is 0 Å². The highest BCUT2D eigenvalue weighted by atomic mass is 16.5. The Kier molecular flexibility index (Phi) is 3.56. The third-order valence-corrected chi connectivity index (χ3v) is 4.56. The second kappa shape index (κ2) is 5.19. The van der Waals surface area contributed by atoms with E-state index < -0.39 is 5.60 Å². The first-order valence-corrected chi connectivity index (χ1v) is 7.08. The van der Waals surface area contributed by atoms with Crippen LogP contribution in [0.2, 0.25) is 0 Å². The highest BCUT2D eigenvalue weighted by Crippen LogP contribution is 2.39. The maximum absolute atomic E-state index is 10.7. The van der Waals surface area contributed by atoms with E-state index in [-0.39, 0.29) is 0 Å². The molecule has 3 rings (SSSR count). The van der Waals surface area contributed by atoms with Crippen LogP contribution in [0, 0.1) is 0 Å². The van der Waals surface area contributed by atoms with Gasteiger partial charge in [-0.05, 0) is 44.9 Å². The number of hydrogen-bond acceptors (Lipinski definition) is 4. The van der Waals surface area contributed by atoms with Gasteiger partial charge >= 0.3 is 0 Å². The van der Waals surface area contributed by atoms with Gasteiger partial charge in [0.05, 0.1) is 24.5 Å². The molecule has 2 bridgehead atoms. The van der Waals surface area contributed by atoms with Crippen molar-refractivity contribution in [3.8, 4) is 0 Å². The lowest BCUT2D eigenvalue weighted by Gasteiger charge is -2.41. The molecule has 1 N–H and O–H groups in total. The highest BCUT2D eigenvalue weighted by Gasteiger charge is 2.45. The molecule has 2 fully saturated rings. The number of aliphatic hydroxyl groups is 1. The van der Waals surface area contributed by atoms with Crippen molar-refractivity contribution in [1.29, 1.82) is 0 Å². The van der Waals surface area contributed by atoms with Crippen LogP contribution in [0.1, 0.15) is 31.4 Å². The minimum atomic E-state index is -0.646. The second-order valence-corrected chi connectivity index (χ2v) is 6.00. The summed E-state index contributed by atoms with van der Waals surface area (Å²) in [7, 11) is 2.18. The van der Waals surface area contributed by atoms with Gasteiger partial charge in [0.15, 0.2) is 0 Å². The van der Waals surface area contributed by atoms with Crippen molar-refractivity contribution >= 4 is 0 Å². The minimum Gasteiger partial charge on any atom is -0.387 e. The van der Waals surface area contributed by atoms with Gasteiger partial charge in [-0.1, -0.05) is 6.07 Å². The predicted molar refractivity (Wildman–Crippen MR) is 72.6 cm³/mol. The lowest BCUT2D eigenvalue weighted by atomic mass is 9.87. The van der Waals surface area contributed by atoms with E-state index in [4.69, 9.17) is 4.74 Å². The van der Waals surface area contributed by atoms with E-state index >= 15 is 0 Å². The van der Waals surface area contributed by atoms with Gasteiger partial charge in [0.2, 0.25) is 0 Å². The molecular formula is C15H22N2O2. The zero-order chi connectivity index (χ0) is 13.3. The van der Waals surface area contributed by atoms with Gasteiger partial charge in [0.1, 0.15) is 0 Å². The summed E-state index contributed by atoms with van der Waals surface area (Å²) in [4.78, 5) is 6.65. The summed E-state index contributed by atoms with van der Waals surface area (Å²) < 4.78 is 5.69. The topological polar surface area (TPSA) is 45.6 Å². The highest BCUT2D eigenvalue weighted by molar-refractivity contribution is 5.03. The van der Waals surface area contributed by atoms with Gasteiger partial charge in [-0.25, -0.2) is 0 Å². The molecule has 1 aromatic rings. The normalized spacial score (nSPS) is 34.6. The first-order chi connectivity index (χ1) is 9.16. The maximum Gasteiger partial charge on any atom is 0.0910 e. The molecule has 0 saturated carbocycles. The van der Waals surface area contributed by atoms with Crippen molar-refractivity contribution in [2.24, 2.45) is 0 Å². The number of piperidine rings is 1. The molecule has 4 nitrogen and oxygen atoms in total. The summed E-state index contributed by atoms with van der Waals surface area (Å²) in [6, 6.07) is 6.86. The number of aromatic nitrogens is 1. The molecule has 0 radical (unpaired) electrons. The van der Waals surface area contributed by atoms with Crippen molar-refractivity contribution in [2.75, 3.05) is 13.7 Å². The molecule has 0 amide bonds. The molecule has 19 heavy (non-hydrogen) atoms. The van der Waals surface area contributed by atoms with Crippen molar-refractivity contribution in [1.82, 2.24) is 9.88 Å². The van der Waals surface area contributed by atoms with E-state index in [1.807, 2.05) is 18.2 Å². The molecular weight excluding hydrogens is 240 g/mol. The Bertz CT molecular complexity index is 409. The van der Waals surface area contributed by atoms with Gasteiger partial charge in [-0.15, -0.1) is 0 Å². The third kappa shape index (κ3) is 2.81. The van der Waals surface area contributed by atoms with Gasteiger partial charge in [0.25, 0.3) is 0 Å². The summed E-state index contributed by atoms with van der Waals surface area (Å²) in [6.07, 6.45) is 5.86. The smallest absolute Gasteiger partial charge is 0.0910 e. The number of pyridine rings is 1. The lowest BCUT2D eigenvalue weighted by Crippen LogP contribution is -2.51. The molecule has 0 aliphatic carbocycles. The van der Waals surface area contributed by atoms with Crippen molar-refractivity contribution in [2.45, 2.75) is 50.0 Å². The Hall–Kier alpha value is -0.970. The van der Waals surface area contributed by atoms with Crippen molar-refractivity contribution in [3.63, 3.8) is 0 Å². The van der Waals surface area contributed by atoms with Crippen molar-refractivity contribution < 1.29 is 9.84 Å². The van der Waals surface area contributed by atoms with Crippen LogP contribution in [0.4, 0.5) is 0 Å². The average Bonchev–Trinajstić information content (AvgIpc) is 2.63. The second-order valence-electron chi connectivity index (χ2n) is 6.00. The van der Waals surface area contributed by atoms with Crippen LogP contribution in [0.25, 0.3) is 0 Å². The number of fused-ring (bicyclic) bond motifs is 2. The molecule has 0 aromatic carbocycles. The molecule has 4 heteroatoms. The SMILES string of the molecule is CN1C2CC[C@@H]1CC(O)(COCc1ccccn1)C2. The van der Waals surface area contributed by atoms with Crippen LogP contribution in [0.5, 0.6) is 0 Å². The van der Waals surface area contributed by atoms with Gasteiger partial charge < -0.3 is 14.7 Å².